The third-order valence-corrected chi connectivity index (χ3v) is 4.13. The quantitative estimate of drug-likeness (QED) is 0.551. The second-order valence-corrected chi connectivity index (χ2v) is 6.19. The normalized spacial score (nSPS) is 11.5. The molecule has 1 aromatic rings. The molecule has 0 aliphatic rings. The number of nitrogens with zero attached hydrogens (tertiary/aromatic N) is 3. The highest BCUT2D eigenvalue weighted by atomic mass is 32.2. The largest absolute Gasteiger partial charge is 0.384 e. The van der Waals surface area contributed by atoms with E-state index in [1.807, 2.05) is 0 Å². The van der Waals surface area contributed by atoms with Crippen molar-refractivity contribution in [2.24, 2.45) is 0 Å². The molecule has 1 rings (SSSR count). The second-order valence-electron chi connectivity index (χ2n) is 3.89. The van der Waals surface area contributed by atoms with Crippen LogP contribution in [-0.4, -0.2) is 49.0 Å². The molecule has 0 bridgehead atoms. The van der Waals surface area contributed by atoms with Gasteiger partial charge >= 0.3 is 5.69 Å². The monoisotopic (exact) mass is 289 g/mol. The van der Waals surface area contributed by atoms with Gasteiger partial charge in [-0.25, -0.2) is 17.7 Å². The van der Waals surface area contributed by atoms with Crippen molar-refractivity contribution >= 4 is 27.3 Å². The van der Waals surface area contributed by atoms with E-state index in [2.05, 4.69) is 10.3 Å². The fraction of sp³-hybridized carbons (Fsp3) is 0.444. The maximum atomic E-state index is 11.5. The van der Waals surface area contributed by atoms with Crippen LogP contribution in [0.1, 0.15) is 0 Å². The van der Waals surface area contributed by atoms with Crippen molar-refractivity contribution in [3.05, 3.63) is 22.2 Å². The Hall–Kier alpha value is -1.94. The number of nitrogens with one attached hydrogen (secondary N) is 1. The molecule has 0 fully saturated rings. The molecule has 106 valence electrons. The van der Waals surface area contributed by atoms with Crippen LogP contribution in [0.15, 0.2) is 12.1 Å². The lowest BCUT2D eigenvalue weighted by Gasteiger charge is -2.12. The van der Waals surface area contributed by atoms with Gasteiger partial charge < -0.3 is 11.1 Å². The SMILES string of the molecule is CN(C)S(=O)(=O)CCNc1nc(N)ccc1[N+](=O)[O-]. The third kappa shape index (κ3) is 4.03. The topological polar surface area (TPSA) is 131 Å². The summed E-state index contributed by atoms with van der Waals surface area (Å²) in [6, 6.07) is 2.52. The smallest absolute Gasteiger partial charge is 0.311 e. The fourth-order valence-corrected chi connectivity index (χ4v) is 1.95. The molecule has 9 nitrogen and oxygen atoms in total. The van der Waals surface area contributed by atoms with Gasteiger partial charge in [0.05, 0.1) is 10.7 Å². The Morgan fingerprint density at radius 2 is 2.11 bits per heavy atom. The molecule has 0 amide bonds. The maximum absolute atomic E-state index is 11.5. The minimum absolute atomic E-state index is 0.00218. The molecule has 0 aromatic carbocycles. The van der Waals surface area contributed by atoms with Crippen LogP contribution < -0.4 is 11.1 Å². The maximum Gasteiger partial charge on any atom is 0.311 e. The zero-order valence-corrected chi connectivity index (χ0v) is 11.3. The lowest BCUT2D eigenvalue weighted by atomic mass is 10.3. The van der Waals surface area contributed by atoms with E-state index >= 15 is 0 Å². The highest BCUT2D eigenvalue weighted by molar-refractivity contribution is 7.89. The Morgan fingerprint density at radius 3 is 2.63 bits per heavy atom. The van der Waals surface area contributed by atoms with Crippen molar-refractivity contribution in [1.29, 1.82) is 0 Å². The summed E-state index contributed by atoms with van der Waals surface area (Å²) in [5.74, 6) is -0.129. The number of anilines is 2. The van der Waals surface area contributed by atoms with Crippen LogP contribution in [0.3, 0.4) is 0 Å². The summed E-state index contributed by atoms with van der Waals surface area (Å²) in [5, 5.41) is 13.4. The molecule has 0 saturated carbocycles. The predicted molar refractivity (Wildman–Crippen MR) is 71.3 cm³/mol. The van der Waals surface area contributed by atoms with Gasteiger partial charge in [0.15, 0.2) is 0 Å². The van der Waals surface area contributed by atoms with Gasteiger partial charge in [0, 0.05) is 26.7 Å². The molecular formula is C9H15N5O4S. The zero-order valence-electron chi connectivity index (χ0n) is 10.5. The Morgan fingerprint density at radius 1 is 1.47 bits per heavy atom. The number of aromatic nitrogens is 1. The lowest BCUT2D eigenvalue weighted by Crippen LogP contribution is -2.28. The Bertz CT molecular complexity index is 572. The van der Waals surface area contributed by atoms with Crippen LogP contribution in [0, 0.1) is 10.1 Å². The van der Waals surface area contributed by atoms with Crippen molar-refractivity contribution in [3.8, 4) is 0 Å². The summed E-state index contributed by atoms with van der Waals surface area (Å²) in [6.07, 6.45) is 0. The highest BCUT2D eigenvalue weighted by Crippen LogP contribution is 2.22. The van der Waals surface area contributed by atoms with Gasteiger partial charge in [0.2, 0.25) is 15.8 Å². The van der Waals surface area contributed by atoms with E-state index in [0.717, 1.165) is 4.31 Å². The average Bonchev–Trinajstić information content (AvgIpc) is 2.28. The number of rotatable bonds is 6. The van der Waals surface area contributed by atoms with Crippen LogP contribution >= 0.6 is 0 Å². The van der Waals surface area contributed by atoms with Gasteiger partial charge in [-0.2, -0.15) is 0 Å². The molecule has 0 unspecified atom stereocenters. The minimum Gasteiger partial charge on any atom is -0.384 e. The Balaban J connectivity index is 2.78. The third-order valence-electron chi connectivity index (χ3n) is 2.30. The van der Waals surface area contributed by atoms with Crippen molar-refractivity contribution < 1.29 is 13.3 Å². The number of nitro groups is 1. The first-order valence-electron chi connectivity index (χ1n) is 5.29. The molecule has 0 aliphatic carbocycles. The van der Waals surface area contributed by atoms with Crippen molar-refractivity contribution in [2.75, 3.05) is 37.4 Å². The van der Waals surface area contributed by atoms with Gasteiger partial charge in [-0.3, -0.25) is 10.1 Å². The molecule has 10 heteroatoms. The minimum atomic E-state index is -3.37. The van der Waals surface area contributed by atoms with Crippen LogP contribution in [0.25, 0.3) is 0 Å². The summed E-state index contributed by atoms with van der Waals surface area (Å²) in [5.41, 5.74) is 5.18. The van der Waals surface area contributed by atoms with Gasteiger partial charge in [-0.05, 0) is 6.07 Å². The second kappa shape index (κ2) is 5.80. The van der Waals surface area contributed by atoms with E-state index in [-0.39, 0.29) is 29.6 Å². The average molecular weight is 289 g/mol. The van der Waals surface area contributed by atoms with E-state index in [1.54, 1.807) is 0 Å². The molecule has 0 radical (unpaired) electrons. The number of nitrogens with two attached hydrogens (primary N) is 1. The standard InChI is InChI=1S/C9H15N5O4S/c1-13(2)19(17,18)6-5-11-9-7(14(15)16)3-4-8(10)12-9/h3-4H,5-6H2,1-2H3,(H3,10,11,12). The fourth-order valence-electron chi connectivity index (χ4n) is 1.23. The van der Waals surface area contributed by atoms with E-state index in [9.17, 15) is 18.5 Å². The molecule has 0 aliphatic heterocycles. The lowest BCUT2D eigenvalue weighted by molar-refractivity contribution is -0.384. The number of pyridine rings is 1. The van der Waals surface area contributed by atoms with Crippen molar-refractivity contribution in [3.63, 3.8) is 0 Å². The van der Waals surface area contributed by atoms with Crippen LogP contribution in [0.4, 0.5) is 17.3 Å². The molecule has 0 spiro atoms. The van der Waals surface area contributed by atoms with E-state index < -0.39 is 14.9 Å². The van der Waals surface area contributed by atoms with Crippen LogP contribution in [0.2, 0.25) is 0 Å². The first-order chi connectivity index (χ1) is 8.74. The van der Waals surface area contributed by atoms with Crippen molar-refractivity contribution in [1.82, 2.24) is 9.29 Å². The van der Waals surface area contributed by atoms with Gasteiger partial charge in [-0.15, -0.1) is 0 Å². The van der Waals surface area contributed by atoms with Crippen LogP contribution in [0.5, 0.6) is 0 Å². The molecule has 0 saturated heterocycles. The molecule has 0 atom stereocenters. The molecular weight excluding hydrogens is 274 g/mol. The number of sulfonamides is 1. The summed E-state index contributed by atoms with van der Waals surface area (Å²) in [7, 11) is -0.543. The first kappa shape index (κ1) is 15.1. The van der Waals surface area contributed by atoms with E-state index in [4.69, 9.17) is 5.73 Å². The number of nitrogen functional groups attached to an aromatic ring is 1. The predicted octanol–water partition coefficient (Wildman–Crippen LogP) is -0.125. The summed E-state index contributed by atoms with van der Waals surface area (Å²) in [6.45, 7) is -0.00218. The highest BCUT2D eigenvalue weighted by Gasteiger charge is 2.17. The zero-order chi connectivity index (χ0) is 14.6. The molecule has 3 N–H and O–H groups in total. The van der Waals surface area contributed by atoms with E-state index in [1.165, 1.54) is 26.2 Å². The molecule has 1 aromatic heterocycles. The Labute approximate surface area is 110 Å². The summed E-state index contributed by atoms with van der Waals surface area (Å²) in [4.78, 5) is 13.9. The van der Waals surface area contributed by atoms with Crippen molar-refractivity contribution in [2.45, 2.75) is 0 Å². The van der Waals surface area contributed by atoms with Crippen LogP contribution in [-0.2, 0) is 10.0 Å². The molecule has 1 heterocycles. The van der Waals surface area contributed by atoms with Gasteiger partial charge in [0.25, 0.3) is 0 Å². The molecule has 19 heavy (non-hydrogen) atoms. The summed E-state index contributed by atoms with van der Waals surface area (Å²) < 4.78 is 24.1. The van der Waals surface area contributed by atoms with E-state index in [0.29, 0.717) is 0 Å². The Kier molecular flexibility index (Phi) is 4.62. The van der Waals surface area contributed by atoms with Gasteiger partial charge in [-0.1, -0.05) is 0 Å². The number of hydrogen-bond acceptors (Lipinski definition) is 7. The first-order valence-corrected chi connectivity index (χ1v) is 6.90. The summed E-state index contributed by atoms with van der Waals surface area (Å²) >= 11 is 0. The van der Waals surface area contributed by atoms with Gasteiger partial charge in [0.1, 0.15) is 5.82 Å². The number of hydrogen-bond donors (Lipinski definition) is 2.